The fourth-order valence-corrected chi connectivity index (χ4v) is 4.57. The Morgan fingerprint density at radius 1 is 1.38 bits per heavy atom. The molecule has 1 heterocycles. The van der Waals surface area contributed by atoms with Gasteiger partial charge < -0.3 is 20.2 Å². The summed E-state index contributed by atoms with van der Waals surface area (Å²) in [5.41, 5.74) is 0.523. The van der Waals surface area contributed by atoms with E-state index in [2.05, 4.69) is 22.3 Å². The molecule has 0 aromatic heterocycles. The Bertz CT molecular complexity index is 651. The van der Waals surface area contributed by atoms with Gasteiger partial charge in [-0.2, -0.15) is 0 Å². The highest BCUT2D eigenvalue weighted by Crippen LogP contribution is 2.48. The molecule has 0 radical (unpaired) electrons. The van der Waals surface area contributed by atoms with Gasteiger partial charge in [0.1, 0.15) is 0 Å². The number of carbonyl (C=O) groups is 2. The van der Waals surface area contributed by atoms with Gasteiger partial charge in [-0.25, -0.2) is 4.79 Å². The smallest absolute Gasteiger partial charge is 0.317 e. The van der Waals surface area contributed by atoms with E-state index in [0.717, 1.165) is 25.9 Å². The Hall–Kier alpha value is -2.08. The van der Waals surface area contributed by atoms with Crippen molar-refractivity contribution in [3.05, 3.63) is 35.9 Å². The van der Waals surface area contributed by atoms with Crippen LogP contribution in [0, 0.1) is 11.3 Å². The van der Waals surface area contributed by atoms with E-state index in [0.29, 0.717) is 19.5 Å². The number of nitrogens with zero attached hydrogens (tertiary/aromatic N) is 2. The van der Waals surface area contributed by atoms with E-state index in [1.807, 2.05) is 32.2 Å². The number of carboxylic acid groups (broad SMARTS) is 1. The molecule has 2 N–H and O–H groups in total. The van der Waals surface area contributed by atoms with Gasteiger partial charge in [0.25, 0.3) is 0 Å². The highest BCUT2D eigenvalue weighted by atomic mass is 16.4. The van der Waals surface area contributed by atoms with E-state index in [1.165, 1.54) is 5.56 Å². The first-order valence-electron chi connectivity index (χ1n) is 9.42. The number of rotatable bonds is 6. The van der Waals surface area contributed by atoms with Crippen LogP contribution in [0.15, 0.2) is 30.3 Å². The van der Waals surface area contributed by atoms with Crippen molar-refractivity contribution >= 4 is 12.0 Å². The summed E-state index contributed by atoms with van der Waals surface area (Å²) in [5.74, 6) is -0.646. The average Bonchev–Trinajstić information content (AvgIpc) is 3.13. The molecule has 0 spiro atoms. The van der Waals surface area contributed by atoms with Crippen LogP contribution in [0.3, 0.4) is 0 Å². The Balaban J connectivity index is 1.49. The van der Waals surface area contributed by atoms with Crippen LogP contribution in [0.1, 0.15) is 31.7 Å². The predicted octanol–water partition coefficient (Wildman–Crippen LogP) is 2.40. The van der Waals surface area contributed by atoms with E-state index in [9.17, 15) is 14.7 Å². The number of carbonyl (C=O) groups excluding carboxylic acids is 1. The van der Waals surface area contributed by atoms with Crippen LogP contribution in [-0.2, 0) is 11.3 Å². The highest BCUT2D eigenvalue weighted by Gasteiger charge is 2.55. The van der Waals surface area contributed by atoms with Gasteiger partial charge in [0.05, 0.1) is 5.41 Å². The van der Waals surface area contributed by atoms with Gasteiger partial charge in [-0.15, -0.1) is 0 Å². The van der Waals surface area contributed by atoms with Crippen LogP contribution in [0.5, 0.6) is 0 Å². The summed E-state index contributed by atoms with van der Waals surface area (Å²) in [4.78, 5) is 28.2. The molecule has 1 saturated carbocycles. The molecular weight excluding hydrogens is 330 g/mol. The zero-order chi connectivity index (χ0) is 18.7. The minimum atomic E-state index is -0.744. The molecule has 26 heavy (non-hydrogen) atoms. The number of urea groups is 1. The lowest BCUT2D eigenvalue weighted by Crippen LogP contribution is -2.47. The van der Waals surface area contributed by atoms with Crippen LogP contribution < -0.4 is 5.32 Å². The van der Waals surface area contributed by atoms with Crippen molar-refractivity contribution in [3.8, 4) is 0 Å². The van der Waals surface area contributed by atoms with Crippen molar-refractivity contribution < 1.29 is 14.7 Å². The zero-order valence-corrected chi connectivity index (χ0v) is 15.6. The van der Waals surface area contributed by atoms with E-state index in [-0.39, 0.29) is 18.0 Å². The Morgan fingerprint density at radius 2 is 2.12 bits per heavy atom. The number of nitrogens with one attached hydrogen (secondary N) is 1. The number of hydrogen-bond donors (Lipinski definition) is 2. The Kier molecular flexibility index (Phi) is 5.51. The van der Waals surface area contributed by atoms with E-state index >= 15 is 0 Å². The molecule has 1 aromatic rings. The van der Waals surface area contributed by atoms with Crippen LogP contribution in [0.4, 0.5) is 4.79 Å². The topological polar surface area (TPSA) is 72.9 Å². The lowest BCUT2D eigenvalue weighted by molar-refractivity contribution is -0.149. The van der Waals surface area contributed by atoms with Crippen molar-refractivity contribution in [1.29, 1.82) is 0 Å². The monoisotopic (exact) mass is 359 g/mol. The summed E-state index contributed by atoms with van der Waals surface area (Å²) >= 11 is 0. The molecule has 1 saturated heterocycles. The quantitative estimate of drug-likeness (QED) is 0.818. The molecule has 3 rings (SSSR count). The van der Waals surface area contributed by atoms with Crippen molar-refractivity contribution in [2.75, 3.05) is 26.7 Å². The summed E-state index contributed by atoms with van der Waals surface area (Å²) in [6.07, 6.45) is 2.55. The molecule has 1 aliphatic carbocycles. The number of fused-ring (bicyclic) bond motifs is 1. The minimum Gasteiger partial charge on any atom is -0.481 e. The van der Waals surface area contributed by atoms with Crippen molar-refractivity contribution in [2.24, 2.45) is 11.3 Å². The van der Waals surface area contributed by atoms with Crippen LogP contribution >= 0.6 is 0 Å². The molecular formula is C20H29N3O3. The van der Waals surface area contributed by atoms with Gasteiger partial charge in [-0.3, -0.25) is 4.79 Å². The van der Waals surface area contributed by atoms with Gasteiger partial charge in [-0.05, 0) is 38.3 Å². The van der Waals surface area contributed by atoms with Gasteiger partial charge in [0.2, 0.25) is 0 Å². The molecule has 2 amide bonds. The van der Waals surface area contributed by atoms with E-state index in [4.69, 9.17) is 0 Å². The van der Waals surface area contributed by atoms with Crippen molar-refractivity contribution in [2.45, 2.75) is 38.8 Å². The first-order valence-corrected chi connectivity index (χ1v) is 9.42. The molecule has 1 unspecified atom stereocenters. The fourth-order valence-electron chi connectivity index (χ4n) is 4.57. The molecule has 6 heteroatoms. The Morgan fingerprint density at radius 3 is 2.77 bits per heavy atom. The van der Waals surface area contributed by atoms with E-state index in [1.54, 1.807) is 4.90 Å². The molecule has 1 aromatic carbocycles. The molecule has 2 fully saturated rings. The zero-order valence-electron chi connectivity index (χ0n) is 15.6. The number of carboxylic acids is 1. The van der Waals surface area contributed by atoms with Crippen molar-refractivity contribution in [3.63, 3.8) is 0 Å². The molecule has 142 valence electrons. The third-order valence-electron chi connectivity index (χ3n) is 5.83. The maximum Gasteiger partial charge on any atom is 0.317 e. The molecule has 0 bridgehead atoms. The van der Waals surface area contributed by atoms with Crippen molar-refractivity contribution in [1.82, 2.24) is 15.1 Å². The first kappa shape index (κ1) is 18.7. The van der Waals surface area contributed by atoms with Gasteiger partial charge in [0, 0.05) is 32.2 Å². The lowest BCUT2D eigenvalue weighted by atomic mass is 9.81. The summed E-state index contributed by atoms with van der Waals surface area (Å²) in [6, 6.07) is 10.1. The second kappa shape index (κ2) is 7.66. The third kappa shape index (κ3) is 3.85. The van der Waals surface area contributed by atoms with Gasteiger partial charge in [0.15, 0.2) is 0 Å². The number of aliphatic carboxylic acids is 1. The maximum absolute atomic E-state index is 12.6. The Labute approximate surface area is 155 Å². The summed E-state index contributed by atoms with van der Waals surface area (Å²) < 4.78 is 0. The highest BCUT2D eigenvalue weighted by molar-refractivity contribution is 5.80. The van der Waals surface area contributed by atoms with Gasteiger partial charge >= 0.3 is 12.0 Å². The molecule has 2 aliphatic rings. The SMILES string of the molecule is CC(CN(C)Cc1ccccc1)NC(=O)N1C[C@@H]2CCC[C@@]2(C(=O)O)C1. The largest absolute Gasteiger partial charge is 0.481 e. The lowest BCUT2D eigenvalue weighted by Gasteiger charge is -2.26. The standard InChI is InChI=1S/C20H29N3O3/c1-15(11-22(2)12-16-7-4-3-5-8-16)21-19(26)23-13-17-9-6-10-20(17,14-23)18(24)25/h3-5,7-8,15,17H,6,9-14H2,1-2H3,(H,21,26)(H,24,25)/t15?,17-,20+/m0/s1. The summed E-state index contributed by atoms with van der Waals surface area (Å²) in [6.45, 7) is 4.45. The molecule has 1 aliphatic heterocycles. The summed E-state index contributed by atoms with van der Waals surface area (Å²) in [7, 11) is 2.04. The number of benzene rings is 1. The second-order valence-electron chi connectivity index (χ2n) is 7.96. The van der Waals surface area contributed by atoms with Crippen LogP contribution in [-0.4, -0.2) is 59.6 Å². The van der Waals surface area contributed by atoms with Crippen LogP contribution in [0.25, 0.3) is 0 Å². The van der Waals surface area contributed by atoms with Gasteiger partial charge in [-0.1, -0.05) is 36.8 Å². The number of hydrogen-bond acceptors (Lipinski definition) is 3. The van der Waals surface area contributed by atoms with E-state index < -0.39 is 11.4 Å². The molecule has 3 atom stereocenters. The number of likely N-dealkylation sites (N-methyl/N-ethyl adjacent to an activating group) is 1. The molecule has 6 nitrogen and oxygen atoms in total. The predicted molar refractivity (Wildman–Crippen MR) is 99.8 cm³/mol. The van der Waals surface area contributed by atoms with Crippen LogP contribution in [0.2, 0.25) is 0 Å². The second-order valence-corrected chi connectivity index (χ2v) is 7.96. The number of amides is 2. The first-order chi connectivity index (χ1) is 12.4. The number of likely N-dealkylation sites (tertiary alicyclic amines) is 1. The maximum atomic E-state index is 12.6. The third-order valence-corrected chi connectivity index (χ3v) is 5.83. The summed E-state index contributed by atoms with van der Waals surface area (Å²) in [5, 5.41) is 12.7. The average molecular weight is 359 g/mol. The normalized spacial score (nSPS) is 26.0. The minimum absolute atomic E-state index is 0.00238. The fraction of sp³-hybridized carbons (Fsp3) is 0.600.